The second-order valence-electron chi connectivity index (χ2n) is 5.42. The molecule has 0 spiro atoms. The highest BCUT2D eigenvalue weighted by atomic mass is 16.6. The molecule has 0 N–H and O–H groups in total. The van der Waals surface area contributed by atoms with Gasteiger partial charge in [0.05, 0.1) is 32.5 Å². The summed E-state index contributed by atoms with van der Waals surface area (Å²) in [6.45, 7) is 4.27. The standard InChI is InChI=1S/C13H22O4/c1-3-11(15-8-13-9-17-13)4-2-10(1)5-14-6-12-7-16-12/h10-13H,1-9H2. The third kappa shape index (κ3) is 4.21. The quantitative estimate of drug-likeness (QED) is 0.633. The van der Waals surface area contributed by atoms with Crippen LogP contribution in [0.15, 0.2) is 0 Å². The summed E-state index contributed by atoms with van der Waals surface area (Å²) in [6.07, 6.45) is 6.09. The molecule has 1 saturated carbocycles. The van der Waals surface area contributed by atoms with Crippen molar-refractivity contribution in [3.63, 3.8) is 0 Å². The molecule has 1 aliphatic carbocycles. The fourth-order valence-corrected chi connectivity index (χ4v) is 2.40. The molecule has 17 heavy (non-hydrogen) atoms. The third-order valence-electron chi connectivity index (χ3n) is 3.77. The van der Waals surface area contributed by atoms with E-state index in [4.69, 9.17) is 18.9 Å². The van der Waals surface area contributed by atoms with E-state index in [0.717, 1.165) is 39.0 Å². The first-order valence-corrected chi connectivity index (χ1v) is 6.82. The first kappa shape index (κ1) is 11.9. The molecule has 4 nitrogen and oxygen atoms in total. The van der Waals surface area contributed by atoms with Gasteiger partial charge in [0, 0.05) is 6.61 Å². The lowest BCUT2D eigenvalue weighted by atomic mass is 9.88. The highest BCUT2D eigenvalue weighted by Crippen LogP contribution is 2.27. The van der Waals surface area contributed by atoms with Crippen LogP contribution in [0.25, 0.3) is 0 Å². The van der Waals surface area contributed by atoms with Gasteiger partial charge in [0.1, 0.15) is 12.2 Å². The summed E-state index contributed by atoms with van der Waals surface area (Å²) in [7, 11) is 0. The fraction of sp³-hybridized carbons (Fsp3) is 1.00. The fourth-order valence-electron chi connectivity index (χ4n) is 2.40. The Morgan fingerprint density at radius 1 is 0.824 bits per heavy atom. The van der Waals surface area contributed by atoms with Gasteiger partial charge in [-0.05, 0) is 31.6 Å². The van der Waals surface area contributed by atoms with Gasteiger partial charge in [0.15, 0.2) is 0 Å². The zero-order valence-corrected chi connectivity index (χ0v) is 10.3. The summed E-state index contributed by atoms with van der Waals surface area (Å²) in [5, 5.41) is 0. The van der Waals surface area contributed by atoms with E-state index in [0.29, 0.717) is 18.3 Å². The molecule has 2 saturated heterocycles. The summed E-state index contributed by atoms with van der Waals surface area (Å²) in [5.41, 5.74) is 0. The molecule has 0 aromatic rings. The van der Waals surface area contributed by atoms with Crippen LogP contribution in [0.2, 0.25) is 0 Å². The zero-order chi connectivity index (χ0) is 11.5. The van der Waals surface area contributed by atoms with Crippen molar-refractivity contribution < 1.29 is 18.9 Å². The van der Waals surface area contributed by atoms with E-state index < -0.39 is 0 Å². The first-order chi connectivity index (χ1) is 8.40. The molecule has 2 heterocycles. The predicted molar refractivity (Wildman–Crippen MR) is 62.0 cm³/mol. The molecule has 0 bridgehead atoms. The van der Waals surface area contributed by atoms with Gasteiger partial charge >= 0.3 is 0 Å². The Balaban J connectivity index is 1.24. The van der Waals surface area contributed by atoms with E-state index in [1.165, 1.54) is 25.7 Å². The van der Waals surface area contributed by atoms with Crippen LogP contribution in [0.5, 0.6) is 0 Å². The molecule has 3 rings (SSSR count). The molecule has 98 valence electrons. The highest BCUT2D eigenvalue weighted by Gasteiger charge is 2.27. The lowest BCUT2D eigenvalue weighted by Crippen LogP contribution is -2.25. The van der Waals surface area contributed by atoms with Crippen LogP contribution in [-0.2, 0) is 18.9 Å². The molecule has 2 atom stereocenters. The average Bonchev–Trinajstić information content (AvgIpc) is 3.23. The minimum atomic E-state index is 0.396. The minimum Gasteiger partial charge on any atom is -0.378 e. The van der Waals surface area contributed by atoms with Crippen LogP contribution < -0.4 is 0 Å². The Bertz CT molecular complexity index is 230. The van der Waals surface area contributed by atoms with Crippen LogP contribution >= 0.6 is 0 Å². The predicted octanol–water partition coefficient (Wildman–Crippen LogP) is 1.38. The molecule has 2 aliphatic heterocycles. The van der Waals surface area contributed by atoms with Gasteiger partial charge in [0.25, 0.3) is 0 Å². The van der Waals surface area contributed by atoms with E-state index in [1.807, 2.05) is 0 Å². The molecule has 0 radical (unpaired) electrons. The average molecular weight is 242 g/mol. The summed E-state index contributed by atoms with van der Waals surface area (Å²) >= 11 is 0. The van der Waals surface area contributed by atoms with Gasteiger partial charge in [-0.3, -0.25) is 0 Å². The monoisotopic (exact) mass is 242 g/mol. The van der Waals surface area contributed by atoms with Crippen LogP contribution in [-0.4, -0.2) is 51.3 Å². The van der Waals surface area contributed by atoms with E-state index in [2.05, 4.69) is 0 Å². The summed E-state index contributed by atoms with van der Waals surface area (Å²) in [6, 6.07) is 0. The Morgan fingerprint density at radius 2 is 1.47 bits per heavy atom. The molecule has 0 aromatic heterocycles. The SMILES string of the molecule is C1CC(OCC2CO2)CCC1COCC1CO1. The van der Waals surface area contributed by atoms with Crippen molar-refractivity contribution in [3.05, 3.63) is 0 Å². The maximum atomic E-state index is 5.82. The van der Waals surface area contributed by atoms with Gasteiger partial charge in [-0.25, -0.2) is 0 Å². The number of hydrogen-bond donors (Lipinski definition) is 0. The van der Waals surface area contributed by atoms with Crippen molar-refractivity contribution in [1.29, 1.82) is 0 Å². The van der Waals surface area contributed by atoms with Crippen LogP contribution in [0.3, 0.4) is 0 Å². The molecule has 0 aromatic carbocycles. The van der Waals surface area contributed by atoms with Crippen molar-refractivity contribution >= 4 is 0 Å². The van der Waals surface area contributed by atoms with Crippen molar-refractivity contribution in [2.75, 3.05) is 33.0 Å². The smallest absolute Gasteiger partial charge is 0.104 e. The van der Waals surface area contributed by atoms with Crippen molar-refractivity contribution in [3.8, 4) is 0 Å². The Labute approximate surface area is 103 Å². The maximum absolute atomic E-state index is 5.82. The Kier molecular flexibility index (Phi) is 3.96. The van der Waals surface area contributed by atoms with Crippen molar-refractivity contribution in [2.45, 2.75) is 44.0 Å². The number of ether oxygens (including phenoxy) is 4. The molecular weight excluding hydrogens is 220 g/mol. The van der Waals surface area contributed by atoms with Gasteiger partial charge in [-0.2, -0.15) is 0 Å². The Hall–Kier alpha value is -0.160. The minimum absolute atomic E-state index is 0.396. The second kappa shape index (κ2) is 5.65. The largest absolute Gasteiger partial charge is 0.378 e. The molecule has 0 amide bonds. The first-order valence-electron chi connectivity index (χ1n) is 6.82. The van der Waals surface area contributed by atoms with E-state index >= 15 is 0 Å². The van der Waals surface area contributed by atoms with Crippen LogP contribution in [0.4, 0.5) is 0 Å². The van der Waals surface area contributed by atoms with E-state index in [9.17, 15) is 0 Å². The molecule has 2 unspecified atom stereocenters. The molecule has 3 fully saturated rings. The van der Waals surface area contributed by atoms with Crippen molar-refractivity contribution in [2.24, 2.45) is 5.92 Å². The Morgan fingerprint density at radius 3 is 2.12 bits per heavy atom. The van der Waals surface area contributed by atoms with Gasteiger partial charge in [-0.15, -0.1) is 0 Å². The summed E-state index contributed by atoms with van der Waals surface area (Å²) < 4.78 is 21.7. The van der Waals surface area contributed by atoms with Gasteiger partial charge < -0.3 is 18.9 Å². The third-order valence-corrected chi connectivity index (χ3v) is 3.77. The van der Waals surface area contributed by atoms with Gasteiger partial charge in [0.2, 0.25) is 0 Å². The second-order valence-corrected chi connectivity index (χ2v) is 5.42. The van der Waals surface area contributed by atoms with Crippen LogP contribution in [0.1, 0.15) is 25.7 Å². The summed E-state index contributed by atoms with van der Waals surface area (Å²) in [4.78, 5) is 0. The van der Waals surface area contributed by atoms with E-state index in [1.54, 1.807) is 0 Å². The number of epoxide rings is 2. The number of hydrogen-bond acceptors (Lipinski definition) is 4. The molecular formula is C13H22O4. The summed E-state index contributed by atoms with van der Waals surface area (Å²) in [5.74, 6) is 0.728. The highest BCUT2D eigenvalue weighted by molar-refractivity contribution is 4.75. The molecule has 3 aliphatic rings. The number of rotatable bonds is 7. The topological polar surface area (TPSA) is 43.5 Å². The normalized spacial score (nSPS) is 40.2. The van der Waals surface area contributed by atoms with Crippen molar-refractivity contribution in [1.82, 2.24) is 0 Å². The van der Waals surface area contributed by atoms with Crippen LogP contribution in [0, 0.1) is 5.92 Å². The zero-order valence-electron chi connectivity index (χ0n) is 10.3. The van der Waals surface area contributed by atoms with Gasteiger partial charge in [-0.1, -0.05) is 0 Å². The van der Waals surface area contributed by atoms with E-state index in [-0.39, 0.29) is 0 Å². The maximum Gasteiger partial charge on any atom is 0.104 e. The lowest BCUT2D eigenvalue weighted by molar-refractivity contribution is -0.00447. The molecule has 4 heteroatoms. The lowest BCUT2D eigenvalue weighted by Gasteiger charge is -2.28.